The third-order valence-electron chi connectivity index (χ3n) is 3.07. The first kappa shape index (κ1) is 24.7. The Hall–Kier alpha value is -3.29. The molecule has 0 atom stereocenters. The van der Waals surface area contributed by atoms with E-state index in [1.807, 2.05) is 18.2 Å². The number of nitrogens with one attached hydrogen (secondary N) is 1. The molecule has 0 saturated heterocycles. The van der Waals surface area contributed by atoms with E-state index < -0.39 is 24.3 Å². The van der Waals surface area contributed by atoms with Crippen molar-refractivity contribution in [2.45, 2.75) is 18.9 Å². The smallest absolute Gasteiger partial charge is 0.476 e. The van der Waals surface area contributed by atoms with Crippen molar-refractivity contribution in [2.75, 3.05) is 13.2 Å². The van der Waals surface area contributed by atoms with Crippen LogP contribution in [0.4, 0.5) is 26.3 Å². The van der Waals surface area contributed by atoms with E-state index in [-0.39, 0.29) is 0 Å². The van der Waals surface area contributed by atoms with Gasteiger partial charge in [0.15, 0.2) is 0 Å². The molecular formula is C16H14F6N2O6. The fraction of sp³-hybridized carbons (Fsp3) is 0.312. The second-order valence-electron chi connectivity index (χ2n) is 5.30. The number of aliphatic carboxylic acids is 2. The number of pyridine rings is 1. The molecule has 0 unspecified atom stereocenters. The topological polar surface area (TPSA) is 122 Å². The molecule has 0 radical (unpaired) electrons. The average molecular weight is 444 g/mol. The van der Waals surface area contributed by atoms with Gasteiger partial charge in [0, 0.05) is 24.2 Å². The van der Waals surface area contributed by atoms with Crippen molar-refractivity contribution < 1.29 is 55.3 Å². The Kier molecular flexibility index (Phi) is 8.64. The zero-order valence-corrected chi connectivity index (χ0v) is 14.8. The zero-order valence-electron chi connectivity index (χ0n) is 14.8. The van der Waals surface area contributed by atoms with Crippen LogP contribution in [0, 0.1) is 0 Å². The molecule has 8 nitrogen and oxygen atoms in total. The van der Waals surface area contributed by atoms with Crippen molar-refractivity contribution in [2.24, 2.45) is 0 Å². The number of hydrogen-bond acceptors (Lipinski definition) is 6. The molecule has 0 amide bonds. The fourth-order valence-electron chi connectivity index (χ4n) is 1.74. The number of fused-ring (bicyclic) bond motifs is 1. The SMILES string of the molecule is O=C(O)C(F)(F)F.O=C(O)C(F)(F)F.c1cc(-c2ccc3c(n2)OCCNC3)co1. The molecular weight excluding hydrogens is 430 g/mol. The normalized spacial score (nSPS) is 13.3. The van der Waals surface area contributed by atoms with Crippen molar-refractivity contribution >= 4 is 11.9 Å². The Morgan fingerprint density at radius 2 is 1.57 bits per heavy atom. The number of carbonyl (C=O) groups is 2. The van der Waals surface area contributed by atoms with E-state index in [1.165, 1.54) is 0 Å². The number of ether oxygens (including phenoxy) is 1. The van der Waals surface area contributed by atoms with E-state index >= 15 is 0 Å². The number of aromatic nitrogens is 1. The van der Waals surface area contributed by atoms with Crippen LogP contribution in [0.15, 0.2) is 35.1 Å². The summed E-state index contributed by atoms with van der Waals surface area (Å²) in [6.07, 6.45) is -6.84. The van der Waals surface area contributed by atoms with Crippen LogP contribution in [0.3, 0.4) is 0 Å². The summed E-state index contributed by atoms with van der Waals surface area (Å²) in [6.45, 7) is 2.33. The first-order valence-corrected chi connectivity index (χ1v) is 7.78. The molecule has 0 saturated carbocycles. The van der Waals surface area contributed by atoms with Gasteiger partial charge in [-0.3, -0.25) is 0 Å². The molecule has 30 heavy (non-hydrogen) atoms. The van der Waals surface area contributed by atoms with Gasteiger partial charge >= 0.3 is 24.3 Å². The van der Waals surface area contributed by atoms with E-state index in [9.17, 15) is 26.3 Å². The summed E-state index contributed by atoms with van der Waals surface area (Å²) >= 11 is 0. The molecule has 3 heterocycles. The molecule has 2 aromatic heterocycles. The van der Waals surface area contributed by atoms with Gasteiger partial charge in [0.25, 0.3) is 0 Å². The quantitative estimate of drug-likeness (QED) is 0.574. The third-order valence-corrected chi connectivity index (χ3v) is 3.07. The number of carboxylic acids is 2. The van der Waals surface area contributed by atoms with Crippen LogP contribution in [0.5, 0.6) is 5.88 Å². The second kappa shape index (κ2) is 10.5. The van der Waals surface area contributed by atoms with Gasteiger partial charge in [-0.25, -0.2) is 14.6 Å². The Labute approximate surface area is 164 Å². The number of halogens is 6. The number of rotatable bonds is 1. The maximum absolute atomic E-state index is 10.6. The van der Waals surface area contributed by atoms with Crippen LogP contribution in [0.2, 0.25) is 0 Å². The Morgan fingerprint density at radius 3 is 2.03 bits per heavy atom. The number of nitrogens with zero attached hydrogens (tertiary/aromatic N) is 1. The predicted molar refractivity (Wildman–Crippen MR) is 86.5 cm³/mol. The Balaban J connectivity index is 0.000000271. The summed E-state index contributed by atoms with van der Waals surface area (Å²) in [5.74, 6) is -4.79. The monoisotopic (exact) mass is 444 g/mol. The summed E-state index contributed by atoms with van der Waals surface area (Å²) in [5, 5.41) is 17.5. The molecule has 2 aromatic rings. The summed E-state index contributed by atoms with van der Waals surface area (Å²) in [4.78, 5) is 22.3. The van der Waals surface area contributed by atoms with Gasteiger partial charge < -0.3 is 24.7 Å². The lowest BCUT2D eigenvalue weighted by molar-refractivity contribution is -0.193. The lowest BCUT2D eigenvalue weighted by Crippen LogP contribution is -2.21. The van der Waals surface area contributed by atoms with Gasteiger partial charge in [0.05, 0.1) is 18.2 Å². The van der Waals surface area contributed by atoms with Gasteiger partial charge in [-0.15, -0.1) is 0 Å². The highest BCUT2D eigenvalue weighted by Gasteiger charge is 2.38. The molecule has 0 spiro atoms. The molecule has 0 aliphatic carbocycles. The van der Waals surface area contributed by atoms with Crippen molar-refractivity contribution in [3.8, 4) is 17.1 Å². The predicted octanol–water partition coefficient (Wildman–Crippen LogP) is 3.09. The second-order valence-corrected chi connectivity index (χ2v) is 5.30. The van der Waals surface area contributed by atoms with Crippen LogP contribution in [0.25, 0.3) is 11.3 Å². The number of furan rings is 1. The van der Waals surface area contributed by atoms with E-state index in [1.54, 1.807) is 12.5 Å². The largest absolute Gasteiger partial charge is 0.490 e. The minimum absolute atomic E-state index is 0.662. The summed E-state index contributed by atoms with van der Waals surface area (Å²) in [5.41, 5.74) is 2.96. The van der Waals surface area contributed by atoms with Crippen molar-refractivity contribution in [1.29, 1.82) is 0 Å². The van der Waals surface area contributed by atoms with Crippen LogP contribution >= 0.6 is 0 Å². The number of alkyl halides is 6. The fourth-order valence-corrected chi connectivity index (χ4v) is 1.74. The van der Waals surface area contributed by atoms with Crippen molar-refractivity contribution in [3.05, 3.63) is 36.3 Å². The molecule has 1 aliphatic heterocycles. The van der Waals surface area contributed by atoms with Crippen LogP contribution < -0.4 is 10.1 Å². The summed E-state index contributed by atoms with van der Waals surface area (Å²) in [7, 11) is 0. The van der Waals surface area contributed by atoms with E-state index in [4.69, 9.17) is 29.0 Å². The molecule has 0 fully saturated rings. The van der Waals surface area contributed by atoms with Gasteiger partial charge in [0.2, 0.25) is 5.88 Å². The number of carboxylic acid groups (broad SMARTS) is 2. The standard InChI is InChI=1S/C12H12N2O2.2C2HF3O2/c1-2-11(10-3-5-15-8-10)14-12-9(1)7-13-4-6-16-12;2*3-2(4,5)1(6)7/h1-3,5,8,13H,4,6-7H2;2*(H,6,7). The maximum atomic E-state index is 10.6. The first-order chi connectivity index (χ1) is 13.8. The van der Waals surface area contributed by atoms with Crippen LogP contribution in [0.1, 0.15) is 5.56 Å². The average Bonchev–Trinajstić information content (AvgIpc) is 3.06. The van der Waals surface area contributed by atoms with Gasteiger partial charge in [-0.2, -0.15) is 26.3 Å². The lowest BCUT2D eigenvalue weighted by Gasteiger charge is -2.06. The van der Waals surface area contributed by atoms with E-state index in [0.29, 0.717) is 6.61 Å². The highest BCUT2D eigenvalue weighted by atomic mass is 19.4. The highest BCUT2D eigenvalue weighted by Crippen LogP contribution is 2.24. The maximum Gasteiger partial charge on any atom is 0.490 e. The van der Waals surface area contributed by atoms with Crippen molar-refractivity contribution in [1.82, 2.24) is 10.3 Å². The molecule has 3 N–H and O–H groups in total. The van der Waals surface area contributed by atoms with Gasteiger partial charge in [-0.05, 0) is 12.1 Å². The third kappa shape index (κ3) is 8.38. The van der Waals surface area contributed by atoms with E-state index in [0.717, 1.165) is 35.8 Å². The van der Waals surface area contributed by atoms with Crippen LogP contribution in [-0.4, -0.2) is 52.6 Å². The molecule has 166 valence electrons. The van der Waals surface area contributed by atoms with Gasteiger partial charge in [0.1, 0.15) is 6.61 Å². The molecule has 0 aromatic carbocycles. The molecule has 14 heteroatoms. The molecule has 3 rings (SSSR count). The molecule has 1 aliphatic rings. The minimum atomic E-state index is -5.08. The lowest BCUT2D eigenvalue weighted by atomic mass is 10.2. The van der Waals surface area contributed by atoms with Crippen LogP contribution in [-0.2, 0) is 16.1 Å². The number of hydrogen-bond donors (Lipinski definition) is 3. The van der Waals surface area contributed by atoms with Crippen molar-refractivity contribution in [3.63, 3.8) is 0 Å². The van der Waals surface area contributed by atoms with Gasteiger partial charge in [-0.1, -0.05) is 6.07 Å². The molecule has 0 bridgehead atoms. The highest BCUT2D eigenvalue weighted by molar-refractivity contribution is 5.73. The first-order valence-electron chi connectivity index (χ1n) is 7.78. The minimum Gasteiger partial charge on any atom is -0.476 e. The summed E-state index contributed by atoms with van der Waals surface area (Å²) < 4.78 is 74.1. The van der Waals surface area contributed by atoms with E-state index in [2.05, 4.69) is 10.3 Å². The summed E-state index contributed by atoms with van der Waals surface area (Å²) in [6, 6.07) is 5.92. The Morgan fingerprint density at radius 1 is 1.00 bits per heavy atom. The Bertz CT molecular complexity index is 812. The zero-order chi connectivity index (χ0) is 22.9.